The lowest BCUT2D eigenvalue weighted by Gasteiger charge is -2.06. The third-order valence-corrected chi connectivity index (χ3v) is 2.87. The summed E-state index contributed by atoms with van der Waals surface area (Å²) >= 11 is 7.15. The fourth-order valence-corrected chi connectivity index (χ4v) is 1.82. The second-order valence-electron chi connectivity index (χ2n) is 2.40. The standard InChI is InChI=1S/C9H8ClFN2S/c1-2-3-14-9-5-8(13-12)7(11)4-6(9)10/h1,4-5,13H,3,12H2. The summed E-state index contributed by atoms with van der Waals surface area (Å²) in [4.78, 5) is 0.707. The molecule has 0 aliphatic heterocycles. The Morgan fingerprint density at radius 2 is 2.36 bits per heavy atom. The van der Waals surface area contributed by atoms with Crippen LogP contribution in [0.25, 0.3) is 0 Å². The maximum atomic E-state index is 13.1. The summed E-state index contributed by atoms with van der Waals surface area (Å²) in [5.74, 6) is 7.57. The number of rotatable bonds is 3. The van der Waals surface area contributed by atoms with Crippen LogP contribution < -0.4 is 11.3 Å². The van der Waals surface area contributed by atoms with Crippen LogP contribution in [0, 0.1) is 18.2 Å². The topological polar surface area (TPSA) is 38.0 Å². The Balaban J connectivity index is 2.99. The molecule has 0 spiro atoms. The first kappa shape index (κ1) is 11.2. The van der Waals surface area contributed by atoms with E-state index in [0.717, 1.165) is 0 Å². The third-order valence-electron chi connectivity index (χ3n) is 1.49. The van der Waals surface area contributed by atoms with Crippen LogP contribution in [0.2, 0.25) is 5.02 Å². The van der Waals surface area contributed by atoms with Gasteiger partial charge in [-0.2, -0.15) is 0 Å². The van der Waals surface area contributed by atoms with Gasteiger partial charge in [-0.25, -0.2) is 4.39 Å². The molecule has 0 amide bonds. The molecule has 0 saturated heterocycles. The minimum atomic E-state index is -0.484. The molecule has 0 unspecified atom stereocenters. The zero-order chi connectivity index (χ0) is 10.6. The highest BCUT2D eigenvalue weighted by atomic mass is 35.5. The van der Waals surface area contributed by atoms with E-state index >= 15 is 0 Å². The molecule has 1 aromatic carbocycles. The van der Waals surface area contributed by atoms with E-state index in [9.17, 15) is 4.39 Å². The number of terminal acetylenes is 1. The lowest BCUT2D eigenvalue weighted by molar-refractivity contribution is 0.629. The molecule has 0 aliphatic rings. The first-order valence-corrected chi connectivity index (χ1v) is 5.07. The SMILES string of the molecule is C#CCSc1cc(NN)c(F)cc1Cl. The first-order valence-electron chi connectivity index (χ1n) is 3.71. The zero-order valence-corrected chi connectivity index (χ0v) is 8.75. The van der Waals surface area contributed by atoms with Gasteiger partial charge in [-0.15, -0.1) is 18.2 Å². The highest BCUT2D eigenvalue weighted by molar-refractivity contribution is 7.99. The Morgan fingerprint density at radius 3 is 2.93 bits per heavy atom. The second-order valence-corrected chi connectivity index (χ2v) is 3.82. The Kier molecular flexibility index (Phi) is 4.08. The number of nitrogen functional groups attached to an aromatic ring is 1. The number of anilines is 1. The summed E-state index contributed by atoms with van der Waals surface area (Å²) in [6.45, 7) is 0. The molecule has 2 nitrogen and oxygen atoms in total. The highest BCUT2D eigenvalue weighted by Crippen LogP contribution is 2.31. The van der Waals surface area contributed by atoms with Crippen LogP contribution in [0.4, 0.5) is 10.1 Å². The Bertz CT molecular complexity index is 376. The van der Waals surface area contributed by atoms with Crippen molar-refractivity contribution in [1.82, 2.24) is 0 Å². The van der Waals surface area contributed by atoms with Crippen molar-refractivity contribution in [2.45, 2.75) is 4.90 Å². The van der Waals surface area contributed by atoms with E-state index in [2.05, 4.69) is 11.3 Å². The van der Waals surface area contributed by atoms with Crippen LogP contribution in [0.15, 0.2) is 17.0 Å². The van der Waals surface area contributed by atoms with E-state index in [1.807, 2.05) is 0 Å². The molecule has 0 aromatic heterocycles. The van der Waals surface area contributed by atoms with Crippen LogP contribution in [-0.4, -0.2) is 5.75 Å². The zero-order valence-electron chi connectivity index (χ0n) is 7.18. The van der Waals surface area contributed by atoms with Gasteiger partial charge in [0.15, 0.2) is 0 Å². The molecule has 0 heterocycles. The molecule has 0 bridgehead atoms. The number of nitrogens with two attached hydrogens (primary N) is 1. The quantitative estimate of drug-likeness (QED) is 0.363. The molecule has 3 N–H and O–H groups in total. The van der Waals surface area contributed by atoms with E-state index < -0.39 is 5.82 Å². The van der Waals surface area contributed by atoms with Gasteiger partial charge in [0.05, 0.1) is 16.5 Å². The predicted molar refractivity (Wildman–Crippen MR) is 58.8 cm³/mol. The third kappa shape index (κ3) is 2.55. The van der Waals surface area contributed by atoms with Crippen molar-refractivity contribution in [3.8, 4) is 12.3 Å². The average Bonchev–Trinajstić information content (AvgIpc) is 2.17. The predicted octanol–water partition coefficient (Wildman–Crippen LogP) is 2.49. The molecular formula is C9H8ClFN2S. The van der Waals surface area contributed by atoms with Crippen molar-refractivity contribution in [1.29, 1.82) is 0 Å². The van der Waals surface area contributed by atoms with Crippen molar-refractivity contribution in [2.75, 3.05) is 11.2 Å². The summed E-state index contributed by atoms with van der Waals surface area (Å²) in [7, 11) is 0. The van der Waals surface area contributed by atoms with Crippen molar-refractivity contribution < 1.29 is 4.39 Å². The largest absolute Gasteiger partial charge is 0.321 e. The Morgan fingerprint density at radius 1 is 1.64 bits per heavy atom. The fourth-order valence-electron chi connectivity index (χ4n) is 0.870. The summed E-state index contributed by atoms with van der Waals surface area (Å²) in [5.41, 5.74) is 2.44. The summed E-state index contributed by atoms with van der Waals surface area (Å²) in [5, 5.41) is 0.335. The van der Waals surface area contributed by atoms with Crippen LogP contribution in [-0.2, 0) is 0 Å². The number of thioether (sulfide) groups is 1. The molecule has 0 aliphatic carbocycles. The average molecular weight is 231 g/mol. The van der Waals surface area contributed by atoms with E-state index in [1.54, 1.807) is 0 Å². The number of hydrogen-bond donors (Lipinski definition) is 2. The fraction of sp³-hybridized carbons (Fsp3) is 0.111. The normalized spacial score (nSPS) is 9.57. The van der Waals surface area contributed by atoms with Gasteiger partial charge >= 0.3 is 0 Å². The number of nitrogens with one attached hydrogen (secondary N) is 1. The van der Waals surface area contributed by atoms with Gasteiger partial charge in [0.25, 0.3) is 0 Å². The Hall–Kier alpha value is -0.890. The van der Waals surface area contributed by atoms with Gasteiger partial charge in [-0.05, 0) is 12.1 Å². The number of halogens is 2. The molecule has 0 saturated carbocycles. The van der Waals surface area contributed by atoms with Gasteiger partial charge in [-0.1, -0.05) is 17.5 Å². The number of hydrazine groups is 1. The van der Waals surface area contributed by atoms with Crippen molar-refractivity contribution in [3.63, 3.8) is 0 Å². The molecule has 74 valence electrons. The van der Waals surface area contributed by atoms with Crippen molar-refractivity contribution in [3.05, 3.63) is 23.0 Å². The van der Waals surface area contributed by atoms with Crippen LogP contribution in [0.5, 0.6) is 0 Å². The molecule has 14 heavy (non-hydrogen) atoms. The second kappa shape index (κ2) is 5.11. The van der Waals surface area contributed by atoms with E-state index in [0.29, 0.717) is 15.7 Å². The summed E-state index contributed by atoms with van der Waals surface area (Å²) < 4.78 is 13.1. The van der Waals surface area contributed by atoms with Gasteiger partial charge in [0.1, 0.15) is 5.82 Å². The first-order chi connectivity index (χ1) is 6.69. The van der Waals surface area contributed by atoms with Crippen LogP contribution in [0.3, 0.4) is 0 Å². The molecule has 0 atom stereocenters. The van der Waals surface area contributed by atoms with Crippen molar-refractivity contribution >= 4 is 29.1 Å². The van der Waals surface area contributed by atoms with Crippen LogP contribution >= 0.6 is 23.4 Å². The van der Waals surface area contributed by atoms with Gasteiger partial charge in [-0.3, -0.25) is 5.84 Å². The van der Waals surface area contributed by atoms with E-state index in [1.165, 1.54) is 23.9 Å². The minimum Gasteiger partial charge on any atom is -0.321 e. The maximum absolute atomic E-state index is 13.1. The maximum Gasteiger partial charge on any atom is 0.149 e. The lowest BCUT2D eigenvalue weighted by Crippen LogP contribution is -2.08. The molecule has 0 radical (unpaired) electrons. The summed E-state index contributed by atoms with van der Waals surface area (Å²) in [6.07, 6.45) is 5.10. The molecular weight excluding hydrogens is 223 g/mol. The van der Waals surface area contributed by atoms with Gasteiger partial charge in [0.2, 0.25) is 0 Å². The molecule has 1 rings (SSSR count). The molecule has 5 heteroatoms. The van der Waals surface area contributed by atoms with Crippen LogP contribution in [0.1, 0.15) is 0 Å². The lowest BCUT2D eigenvalue weighted by atomic mass is 10.3. The minimum absolute atomic E-state index is 0.203. The van der Waals surface area contributed by atoms with E-state index in [-0.39, 0.29) is 5.69 Å². The van der Waals surface area contributed by atoms with Gasteiger partial charge < -0.3 is 5.43 Å². The summed E-state index contributed by atoms with van der Waals surface area (Å²) in [6, 6.07) is 2.73. The molecule has 0 fully saturated rings. The number of hydrogen-bond acceptors (Lipinski definition) is 3. The Labute approximate surface area is 91.0 Å². The highest BCUT2D eigenvalue weighted by Gasteiger charge is 2.07. The number of benzene rings is 1. The van der Waals surface area contributed by atoms with E-state index in [4.69, 9.17) is 23.9 Å². The molecule has 1 aromatic rings. The smallest absolute Gasteiger partial charge is 0.149 e. The van der Waals surface area contributed by atoms with Gasteiger partial charge in [0, 0.05) is 4.90 Å². The van der Waals surface area contributed by atoms with Crippen molar-refractivity contribution in [2.24, 2.45) is 5.84 Å². The monoisotopic (exact) mass is 230 g/mol.